The average Bonchev–Trinajstić information content (AvgIpc) is 2.77. The van der Waals surface area contributed by atoms with Crippen molar-refractivity contribution in [3.63, 3.8) is 0 Å². The van der Waals surface area contributed by atoms with Crippen LogP contribution in [-0.2, 0) is 20.8 Å². The van der Waals surface area contributed by atoms with E-state index >= 15 is 0 Å². The van der Waals surface area contributed by atoms with Crippen molar-refractivity contribution in [2.75, 3.05) is 12.0 Å². The second-order valence-corrected chi connectivity index (χ2v) is 7.37. The van der Waals surface area contributed by atoms with E-state index in [0.717, 1.165) is 12.0 Å². The number of amides is 2. The monoisotopic (exact) mass is 454 g/mol. The SMILES string of the molecule is CCc1ccc(N2C(=O)/C(=C/c3ccc(OC(C)C(=O)O)c(OC)c3)C(=O)NC2=S)cc1. The Bertz CT molecular complexity index is 1110. The molecule has 0 saturated carbocycles. The molecule has 0 aromatic heterocycles. The van der Waals surface area contributed by atoms with Crippen molar-refractivity contribution in [2.45, 2.75) is 26.4 Å². The number of ether oxygens (including phenoxy) is 2. The van der Waals surface area contributed by atoms with Gasteiger partial charge in [-0.15, -0.1) is 0 Å². The Hall–Kier alpha value is -3.72. The number of carboxylic acids is 1. The predicted octanol–water partition coefficient (Wildman–Crippen LogP) is 2.94. The summed E-state index contributed by atoms with van der Waals surface area (Å²) in [6.07, 6.45) is 1.19. The Kier molecular flexibility index (Phi) is 6.89. The van der Waals surface area contributed by atoms with Crippen molar-refractivity contribution in [1.29, 1.82) is 0 Å². The molecule has 9 heteroatoms. The lowest BCUT2D eigenvalue weighted by Gasteiger charge is -2.29. The van der Waals surface area contributed by atoms with E-state index in [1.807, 2.05) is 19.1 Å². The van der Waals surface area contributed by atoms with Gasteiger partial charge in [0, 0.05) is 0 Å². The van der Waals surface area contributed by atoms with E-state index in [9.17, 15) is 14.4 Å². The number of methoxy groups -OCH3 is 1. The van der Waals surface area contributed by atoms with Crippen LogP contribution in [0.25, 0.3) is 6.08 Å². The van der Waals surface area contributed by atoms with E-state index in [4.69, 9.17) is 26.8 Å². The van der Waals surface area contributed by atoms with Gasteiger partial charge in [-0.2, -0.15) is 0 Å². The van der Waals surface area contributed by atoms with Crippen LogP contribution in [-0.4, -0.2) is 41.2 Å². The van der Waals surface area contributed by atoms with Crippen LogP contribution in [0.3, 0.4) is 0 Å². The second-order valence-electron chi connectivity index (χ2n) is 6.99. The second kappa shape index (κ2) is 9.61. The maximum Gasteiger partial charge on any atom is 0.344 e. The molecule has 1 aliphatic rings. The molecule has 2 aromatic carbocycles. The van der Waals surface area contributed by atoms with Gasteiger partial charge in [-0.1, -0.05) is 25.1 Å². The van der Waals surface area contributed by atoms with Gasteiger partial charge in [-0.05, 0) is 67.0 Å². The van der Waals surface area contributed by atoms with Gasteiger partial charge in [-0.3, -0.25) is 19.8 Å². The molecule has 8 nitrogen and oxygen atoms in total. The summed E-state index contributed by atoms with van der Waals surface area (Å²) in [5.41, 5.74) is 2.04. The first kappa shape index (κ1) is 23.0. The first-order chi connectivity index (χ1) is 15.2. The van der Waals surface area contributed by atoms with Crippen molar-refractivity contribution in [3.8, 4) is 11.5 Å². The molecular formula is C23H22N2O6S. The molecule has 166 valence electrons. The van der Waals surface area contributed by atoms with Gasteiger partial charge < -0.3 is 14.6 Å². The summed E-state index contributed by atoms with van der Waals surface area (Å²) < 4.78 is 10.7. The van der Waals surface area contributed by atoms with Crippen LogP contribution < -0.4 is 19.7 Å². The number of rotatable bonds is 7. The third-order valence-corrected chi connectivity index (χ3v) is 5.14. The molecule has 1 aliphatic heterocycles. The third-order valence-electron chi connectivity index (χ3n) is 4.85. The highest BCUT2D eigenvalue weighted by Crippen LogP contribution is 2.30. The van der Waals surface area contributed by atoms with Gasteiger partial charge in [0.05, 0.1) is 12.8 Å². The van der Waals surface area contributed by atoms with Gasteiger partial charge >= 0.3 is 5.97 Å². The summed E-state index contributed by atoms with van der Waals surface area (Å²) in [6.45, 7) is 3.42. The number of nitrogens with zero attached hydrogens (tertiary/aromatic N) is 1. The summed E-state index contributed by atoms with van der Waals surface area (Å²) >= 11 is 5.22. The van der Waals surface area contributed by atoms with Crippen molar-refractivity contribution in [3.05, 3.63) is 59.2 Å². The van der Waals surface area contributed by atoms with Gasteiger partial charge in [0.2, 0.25) is 0 Å². The molecular weight excluding hydrogens is 432 g/mol. The van der Waals surface area contributed by atoms with E-state index in [0.29, 0.717) is 11.3 Å². The summed E-state index contributed by atoms with van der Waals surface area (Å²) in [4.78, 5) is 38.0. The van der Waals surface area contributed by atoms with Gasteiger partial charge in [-0.25, -0.2) is 4.79 Å². The number of aryl methyl sites for hydroxylation is 1. The zero-order valence-electron chi connectivity index (χ0n) is 17.7. The standard InChI is InChI=1S/C23H22N2O6S/c1-4-14-5-8-16(9-6-14)25-21(27)17(20(26)24-23(25)32)11-15-7-10-18(19(12-15)30-3)31-13(2)22(28)29/h5-13H,4H2,1-3H3,(H,28,29)(H,24,26,32)/b17-11+. The zero-order chi connectivity index (χ0) is 23.4. The molecule has 1 unspecified atom stereocenters. The zero-order valence-corrected chi connectivity index (χ0v) is 18.6. The Labute approximate surface area is 190 Å². The molecule has 0 radical (unpaired) electrons. The molecule has 0 aliphatic carbocycles. The minimum atomic E-state index is -1.12. The Morgan fingerprint density at radius 1 is 1.19 bits per heavy atom. The van der Waals surface area contributed by atoms with Crippen LogP contribution in [0, 0.1) is 0 Å². The lowest BCUT2D eigenvalue weighted by molar-refractivity contribution is -0.144. The molecule has 1 heterocycles. The van der Waals surface area contributed by atoms with E-state index < -0.39 is 23.9 Å². The number of carbonyl (C=O) groups is 3. The highest BCUT2D eigenvalue weighted by molar-refractivity contribution is 7.80. The summed E-state index contributed by atoms with van der Waals surface area (Å²) in [5.74, 6) is -1.80. The lowest BCUT2D eigenvalue weighted by atomic mass is 10.1. The van der Waals surface area contributed by atoms with Crippen molar-refractivity contribution < 1.29 is 29.0 Å². The van der Waals surface area contributed by atoms with Crippen LogP contribution >= 0.6 is 12.2 Å². The predicted molar refractivity (Wildman–Crippen MR) is 123 cm³/mol. The number of anilines is 1. The number of hydrogen-bond donors (Lipinski definition) is 2. The van der Waals surface area contributed by atoms with Crippen molar-refractivity contribution in [1.82, 2.24) is 5.32 Å². The van der Waals surface area contributed by atoms with E-state index in [1.165, 1.54) is 31.1 Å². The molecule has 0 spiro atoms. The summed E-state index contributed by atoms with van der Waals surface area (Å²) in [6, 6.07) is 12.0. The highest BCUT2D eigenvalue weighted by Gasteiger charge is 2.34. The van der Waals surface area contributed by atoms with Crippen LogP contribution in [0.15, 0.2) is 48.0 Å². The summed E-state index contributed by atoms with van der Waals surface area (Å²) in [5, 5.41) is 11.6. The average molecular weight is 455 g/mol. The molecule has 2 N–H and O–H groups in total. The fraction of sp³-hybridized carbons (Fsp3) is 0.217. The van der Waals surface area contributed by atoms with Crippen LogP contribution in [0.2, 0.25) is 0 Å². The number of thiocarbonyl (C=S) groups is 1. The molecule has 2 amide bonds. The Morgan fingerprint density at radius 2 is 1.88 bits per heavy atom. The molecule has 2 aromatic rings. The molecule has 0 bridgehead atoms. The minimum absolute atomic E-state index is 0.00499. The first-order valence-electron chi connectivity index (χ1n) is 9.83. The maximum absolute atomic E-state index is 13.1. The van der Waals surface area contributed by atoms with Crippen LogP contribution in [0.1, 0.15) is 25.0 Å². The number of carbonyl (C=O) groups excluding carboxylic acids is 2. The van der Waals surface area contributed by atoms with E-state index in [2.05, 4.69) is 5.32 Å². The van der Waals surface area contributed by atoms with Gasteiger partial charge in [0.1, 0.15) is 5.57 Å². The van der Waals surface area contributed by atoms with Crippen molar-refractivity contribution >= 4 is 46.9 Å². The Morgan fingerprint density at radius 3 is 2.47 bits per heavy atom. The largest absolute Gasteiger partial charge is 0.493 e. The topological polar surface area (TPSA) is 105 Å². The lowest BCUT2D eigenvalue weighted by Crippen LogP contribution is -2.54. The molecule has 3 rings (SSSR count). The first-order valence-corrected chi connectivity index (χ1v) is 10.2. The molecule has 32 heavy (non-hydrogen) atoms. The molecule has 1 fully saturated rings. The summed E-state index contributed by atoms with van der Waals surface area (Å²) in [7, 11) is 1.41. The number of benzene rings is 2. The maximum atomic E-state index is 13.1. The number of nitrogens with one attached hydrogen (secondary N) is 1. The quantitative estimate of drug-likeness (QED) is 0.376. The fourth-order valence-electron chi connectivity index (χ4n) is 3.05. The van der Waals surface area contributed by atoms with E-state index in [-0.39, 0.29) is 22.2 Å². The molecule has 1 atom stereocenters. The Balaban J connectivity index is 1.93. The van der Waals surface area contributed by atoms with Crippen LogP contribution in [0.5, 0.6) is 11.5 Å². The highest BCUT2D eigenvalue weighted by atomic mass is 32.1. The smallest absolute Gasteiger partial charge is 0.344 e. The van der Waals surface area contributed by atoms with Gasteiger partial charge in [0.15, 0.2) is 22.7 Å². The molecule has 1 saturated heterocycles. The van der Waals surface area contributed by atoms with Crippen molar-refractivity contribution in [2.24, 2.45) is 0 Å². The van der Waals surface area contributed by atoms with E-state index in [1.54, 1.807) is 24.3 Å². The number of hydrogen-bond acceptors (Lipinski definition) is 6. The fourth-order valence-corrected chi connectivity index (χ4v) is 3.33. The third kappa shape index (κ3) is 4.78. The number of carboxylic acid groups (broad SMARTS) is 1. The van der Waals surface area contributed by atoms with Gasteiger partial charge in [0.25, 0.3) is 11.8 Å². The number of aliphatic carboxylic acids is 1. The minimum Gasteiger partial charge on any atom is -0.493 e. The normalized spacial score (nSPS) is 16.0. The van der Waals surface area contributed by atoms with Crippen LogP contribution in [0.4, 0.5) is 5.69 Å².